The first-order chi connectivity index (χ1) is 14.1. The van der Waals surface area contributed by atoms with E-state index in [0.717, 1.165) is 11.3 Å². The quantitative estimate of drug-likeness (QED) is 0.680. The average molecular weight is 387 g/mol. The average Bonchev–Trinajstić information content (AvgIpc) is 3.60. The van der Waals surface area contributed by atoms with Crippen LogP contribution < -0.4 is 10.2 Å². The fraction of sp³-hybridized carbons (Fsp3) is 0.300. The number of aromatic nitrogens is 5. The number of hydrogen-bond donors (Lipinski definition) is 2. The van der Waals surface area contributed by atoms with E-state index in [0.29, 0.717) is 18.1 Å². The molecule has 2 aliphatic carbocycles. The van der Waals surface area contributed by atoms with Crippen LogP contribution in [0.2, 0.25) is 0 Å². The third-order valence-corrected chi connectivity index (χ3v) is 6.23. The zero-order valence-corrected chi connectivity index (χ0v) is 15.5. The molecule has 1 aromatic carbocycles. The topological polar surface area (TPSA) is 117 Å². The van der Waals surface area contributed by atoms with Crippen molar-refractivity contribution in [3.05, 3.63) is 65.6 Å². The van der Waals surface area contributed by atoms with E-state index in [1.807, 2.05) is 30.3 Å². The molecular formula is C20H17N7O2. The Labute approximate surface area is 165 Å². The molecule has 0 spiro atoms. The predicted molar refractivity (Wildman–Crippen MR) is 101 cm³/mol. The summed E-state index contributed by atoms with van der Waals surface area (Å²) < 4.78 is 0. The molecule has 2 aromatic heterocycles. The summed E-state index contributed by atoms with van der Waals surface area (Å²) in [4.78, 5) is 40.4. The number of rotatable bonds is 4. The number of amides is 2. The number of carbonyl (C=O) groups excluding carboxylic acids is 2. The fourth-order valence-electron chi connectivity index (χ4n) is 4.76. The summed E-state index contributed by atoms with van der Waals surface area (Å²) >= 11 is 0. The van der Waals surface area contributed by atoms with Gasteiger partial charge in [-0.25, -0.2) is 9.97 Å². The second-order valence-electron chi connectivity index (χ2n) is 7.80. The lowest BCUT2D eigenvalue weighted by atomic mass is 9.95. The molecule has 0 radical (unpaired) electrons. The van der Waals surface area contributed by atoms with Gasteiger partial charge in [-0.15, -0.1) is 5.10 Å². The van der Waals surface area contributed by atoms with E-state index in [9.17, 15) is 9.59 Å². The monoisotopic (exact) mass is 387 g/mol. The zero-order valence-electron chi connectivity index (χ0n) is 15.5. The summed E-state index contributed by atoms with van der Waals surface area (Å²) in [6, 6.07) is 9.81. The van der Waals surface area contributed by atoms with Crippen molar-refractivity contribution >= 4 is 17.6 Å². The summed E-state index contributed by atoms with van der Waals surface area (Å²) in [5.41, 5.74) is 1.02. The molecule has 3 aromatic rings. The maximum absolute atomic E-state index is 13.1. The molecule has 9 nitrogen and oxygen atoms in total. The van der Waals surface area contributed by atoms with Gasteiger partial charge in [0.15, 0.2) is 5.82 Å². The lowest BCUT2D eigenvalue weighted by molar-refractivity contribution is -0.122. The molecule has 4 aliphatic rings. The SMILES string of the molecule is CN1C(=O)C2(NC(=O)c3n[nH]c(Cc4ccccc4)n3)C3C(c4nccnc41)[C@H]32. The Bertz CT molecular complexity index is 1150. The van der Waals surface area contributed by atoms with Gasteiger partial charge in [-0.3, -0.25) is 24.6 Å². The van der Waals surface area contributed by atoms with Gasteiger partial charge in [0.1, 0.15) is 11.4 Å². The van der Waals surface area contributed by atoms with Gasteiger partial charge in [-0.2, -0.15) is 0 Å². The van der Waals surface area contributed by atoms with Crippen LogP contribution in [-0.4, -0.2) is 49.6 Å². The number of benzene rings is 1. The third-order valence-electron chi connectivity index (χ3n) is 6.23. The lowest BCUT2D eigenvalue weighted by Gasteiger charge is -2.25. The molecule has 4 heterocycles. The molecule has 7 rings (SSSR count). The highest BCUT2D eigenvalue weighted by atomic mass is 16.2. The van der Waals surface area contributed by atoms with Crippen LogP contribution in [0, 0.1) is 11.8 Å². The highest BCUT2D eigenvalue weighted by molar-refractivity contribution is 6.10. The summed E-state index contributed by atoms with van der Waals surface area (Å²) in [5, 5.41) is 9.77. The highest BCUT2D eigenvalue weighted by Crippen LogP contribution is 2.81. The van der Waals surface area contributed by atoms with Crippen LogP contribution in [-0.2, 0) is 11.2 Å². The van der Waals surface area contributed by atoms with Gasteiger partial charge in [0.25, 0.3) is 11.8 Å². The molecule has 2 amide bonds. The van der Waals surface area contributed by atoms with E-state index >= 15 is 0 Å². The summed E-state index contributed by atoms with van der Waals surface area (Å²) in [5.74, 6) is 0.936. The Morgan fingerprint density at radius 3 is 2.76 bits per heavy atom. The second kappa shape index (κ2) is 5.47. The first-order valence-corrected chi connectivity index (χ1v) is 9.48. The summed E-state index contributed by atoms with van der Waals surface area (Å²) in [7, 11) is 1.68. The number of likely N-dealkylation sites (N-methyl/N-ethyl adjacent to an activating group) is 1. The maximum Gasteiger partial charge on any atom is 0.291 e. The minimum absolute atomic E-state index is 0.0432. The first kappa shape index (κ1) is 16.3. The Morgan fingerprint density at radius 2 is 1.97 bits per heavy atom. The zero-order chi connectivity index (χ0) is 19.8. The molecule has 3 unspecified atom stereocenters. The number of anilines is 1. The van der Waals surface area contributed by atoms with E-state index in [2.05, 4.69) is 30.5 Å². The van der Waals surface area contributed by atoms with Crippen molar-refractivity contribution < 1.29 is 9.59 Å². The van der Waals surface area contributed by atoms with Crippen LogP contribution in [0.5, 0.6) is 0 Å². The molecule has 0 saturated heterocycles. The van der Waals surface area contributed by atoms with Gasteiger partial charge in [0.05, 0.1) is 5.69 Å². The normalized spacial score (nSPS) is 28.2. The van der Waals surface area contributed by atoms with Crippen LogP contribution in [0.3, 0.4) is 0 Å². The van der Waals surface area contributed by atoms with Crippen molar-refractivity contribution in [2.75, 3.05) is 11.9 Å². The molecule has 2 bridgehead atoms. The van der Waals surface area contributed by atoms with Gasteiger partial charge >= 0.3 is 0 Å². The number of fused-ring (bicyclic) bond motifs is 1. The molecule has 2 N–H and O–H groups in total. The predicted octanol–water partition coefficient (Wildman–Crippen LogP) is 0.674. The van der Waals surface area contributed by atoms with E-state index in [4.69, 9.17) is 0 Å². The van der Waals surface area contributed by atoms with Crippen LogP contribution >= 0.6 is 0 Å². The van der Waals surface area contributed by atoms with Crippen LogP contribution in [0.4, 0.5) is 5.82 Å². The van der Waals surface area contributed by atoms with Crippen molar-refractivity contribution in [3.63, 3.8) is 0 Å². The molecule has 9 heteroatoms. The third kappa shape index (κ3) is 2.15. The largest absolute Gasteiger partial charge is 0.334 e. The first-order valence-electron chi connectivity index (χ1n) is 9.48. The molecule has 144 valence electrons. The van der Waals surface area contributed by atoms with Crippen LogP contribution in [0.15, 0.2) is 42.7 Å². The van der Waals surface area contributed by atoms with Crippen LogP contribution in [0.1, 0.15) is 33.6 Å². The Hall–Kier alpha value is -3.62. The summed E-state index contributed by atoms with van der Waals surface area (Å²) in [6.07, 6.45) is 3.77. The molecule has 29 heavy (non-hydrogen) atoms. The minimum Gasteiger partial charge on any atom is -0.334 e. The van der Waals surface area contributed by atoms with Crippen molar-refractivity contribution in [3.8, 4) is 0 Å². The van der Waals surface area contributed by atoms with Gasteiger partial charge in [0, 0.05) is 43.6 Å². The molecule has 2 saturated carbocycles. The van der Waals surface area contributed by atoms with E-state index in [1.165, 1.54) is 4.90 Å². The smallest absolute Gasteiger partial charge is 0.291 e. The number of hydrogen-bond acceptors (Lipinski definition) is 6. The summed E-state index contributed by atoms with van der Waals surface area (Å²) in [6.45, 7) is 0. The van der Waals surface area contributed by atoms with Crippen LogP contribution in [0.25, 0.3) is 0 Å². The van der Waals surface area contributed by atoms with E-state index < -0.39 is 11.4 Å². The number of nitrogens with one attached hydrogen (secondary N) is 2. The minimum atomic E-state index is -0.890. The van der Waals surface area contributed by atoms with Crippen molar-refractivity contribution in [2.24, 2.45) is 11.8 Å². The van der Waals surface area contributed by atoms with Crippen molar-refractivity contribution in [1.82, 2.24) is 30.5 Å². The second-order valence-corrected chi connectivity index (χ2v) is 7.80. The highest BCUT2D eigenvalue weighted by Gasteiger charge is 2.90. The number of nitrogens with zero attached hydrogens (tertiary/aromatic N) is 5. The van der Waals surface area contributed by atoms with Crippen molar-refractivity contribution in [2.45, 2.75) is 17.9 Å². The van der Waals surface area contributed by atoms with Crippen molar-refractivity contribution in [1.29, 1.82) is 0 Å². The van der Waals surface area contributed by atoms with Gasteiger partial charge in [-0.1, -0.05) is 30.3 Å². The van der Waals surface area contributed by atoms with Gasteiger partial charge in [-0.05, 0) is 5.56 Å². The lowest BCUT2D eigenvalue weighted by Crippen LogP contribution is -2.54. The van der Waals surface area contributed by atoms with Gasteiger partial charge in [0.2, 0.25) is 5.82 Å². The van der Waals surface area contributed by atoms with E-state index in [-0.39, 0.29) is 29.5 Å². The molecule has 2 aliphatic heterocycles. The Kier molecular flexibility index (Phi) is 3.08. The number of aromatic amines is 1. The fourth-order valence-corrected chi connectivity index (χ4v) is 4.76. The number of H-pyrrole nitrogens is 1. The molecular weight excluding hydrogens is 370 g/mol. The molecule has 4 atom stereocenters. The molecule has 2 fully saturated rings. The standard InChI is InChI=1S/C20H17N7O2/c1-27-17-15(21-7-8-22-17)12-13-14(12)20(13,19(27)29)24-18(28)16-23-11(25-26-16)9-10-5-3-2-4-6-10/h2-8,12-14H,9H2,1H3,(H,24,28)(H,23,25,26)/t12?,13-,14?,20?/m1/s1. The Balaban J connectivity index is 1.22. The number of carbonyl (C=O) groups is 2. The maximum atomic E-state index is 13.1. The van der Waals surface area contributed by atoms with Gasteiger partial charge < -0.3 is 5.32 Å². The Morgan fingerprint density at radius 1 is 1.21 bits per heavy atom. The van der Waals surface area contributed by atoms with E-state index in [1.54, 1.807) is 19.4 Å².